The summed E-state index contributed by atoms with van der Waals surface area (Å²) >= 11 is 3.18. The van der Waals surface area contributed by atoms with Crippen molar-refractivity contribution >= 4 is 21.6 Å². The van der Waals surface area contributed by atoms with Crippen LogP contribution in [0, 0.1) is 21.4 Å². The van der Waals surface area contributed by atoms with E-state index in [1.54, 1.807) is 6.07 Å². The summed E-state index contributed by atoms with van der Waals surface area (Å²) in [6.45, 7) is 2.87. The van der Waals surface area contributed by atoms with Crippen LogP contribution >= 0.6 is 15.9 Å². The van der Waals surface area contributed by atoms with Crippen molar-refractivity contribution in [3.8, 4) is 11.8 Å². The number of non-ortho nitro benzene ring substituents is 1. The number of ether oxygens (including phenoxy) is 1. The van der Waals surface area contributed by atoms with E-state index in [0.29, 0.717) is 10.2 Å². The molecular formula is C12H14BrN3O3. The Kier molecular flexibility index (Phi) is 6.25. The van der Waals surface area contributed by atoms with Crippen LogP contribution in [-0.4, -0.2) is 24.1 Å². The normalized spacial score (nSPS) is 11.6. The molecule has 1 aromatic carbocycles. The van der Waals surface area contributed by atoms with Crippen molar-refractivity contribution in [1.82, 2.24) is 5.32 Å². The predicted octanol–water partition coefficient (Wildman–Crippen LogP) is 2.63. The minimum absolute atomic E-state index is 0.0561. The van der Waals surface area contributed by atoms with Crippen molar-refractivity contribution in [2.75, 3.05) is 13.2 Å². The molecule has 0 bridgehead atoms. The first-order valence-corrected chi connectivity index (χ1v) is 6.57. The number of nitrogens with one attached hydrogen (secondary N) is 1. The van der Waals surface area contributed by atoms with E-state index in [0.717, 1.165) is 13.0 Å². The number of nitriles is 1. The van der Waals surface area contributed by atoms with Gasteiger partial charge in [-0.25, -0.2) is 0 Å². The Bertz CT molecular complexity index is 488. The van der Waals surface area contributed by atoms with Crippen LogP contribution in [0.15, 0.2) is 22.7 Å². The first-order valence-electron chi connectivity index (χ1n) is 5.77. The van der Waals surface area contributed by atoms with Gasteiger partial charge in [0.05, 0.1) is 17.1 Å². The van der Waals surface area contributed by atoms with Gasteiger partial charge in [0, 0.05) is 10.5 Å². The Labute approximate surface area is 119 Å². The van der Waals surface area contributed by atoms with Gasteiger partial charge in [0.15, 0.2) is 0 Å². The maximum Gasteiger partial charge on any atom is 0.274 e. The number of nitro benzene ring substituents is 1. The smallest absolute Gasteiger partial charge is 0.274 e. The van der Waals surface area contributed by atoms with E-state index < -0.39 is 11.0 Å². The molecule has 0 saturated heterocycles. The molecule has 7 heteroatoms. The van der Waals surface area contributed by atoms with E-state index in [4.69, 9.17) is 10.00 Å². The van der Waals surface area contributed by atoms with Gasteiger partial charge < -0.3 is 4.74 Å². The highest BCUT2D eigenvalue weighted by Crippen LogP contribution is 2.26. The van der Waals surface area contributed by atoms with Crippen LogP contribution in [0.5, 0.6) is 5.75 Å². The average Bonchev–Trinajstić information content (AvgIpc) is 2.38. The monoisotopic (exact) mass is 327 g/mol. The molecule has 0 fully saturated rings. The van der Waals surface area contributed by atoms with E-state index in [1.165, 1.54) is 12.1 Å². The van der Waals surface area contributed by atoms with Gasteiger partial charge >= 0.3 is 0 Å². The van der Waals surface area contributed by atoms with E-state index in [9.17, 15) is 10.1 Å². The van der Waals surface area contributed by atoms with Gasteiger partial charge in [0.1, 0.15) is 18.4 Å². The molecule has 1 unspecified atom stereocenters. The Morgan fingerprint density at radius 1 is 1.58 bits per heavy atom. The summed E-state index contributed by atoms with van der Waals surface area (Å²) in [5, 5.41) is 22.6. The van der Waals surface area contributed by atoms with Crippen LogP contribution in [0.2, 0.25) is 0 Å². The van der Waals surface area contributed by atoms with Gasteiger partial charge in [-0.15, -0.1) is 0 Å². The maximum atomic E-state index is 10.7. The highest BCUT2D eigenvalue weighted by molar-refractivity contribution is 9.10. The van der Waals surface area contributed by atoms with Gasteiger partial charge in [-0.05, 0) is 19.0 Å². The van der Waals surface area contributed by atoms with Crippen molar-refractivity contribution in [2.24, 2.45) is 0 Å². The molecule has 0 spiro atoms. The molecule has 1 rings (SSSR count). The van der Waals surface area contributed by atoms with Crippen molar-refractivity contribution in [3.05, 3.63) is 32.8 Å². The first kappa shape index (κ1) is 15.4. The number of benzene rings is 1. The Morgan fingerprint density at radius 2 is 2.32 bits per heavy atom. The lowest BCUT2D eigenvalue weighted by Gasteiger charge is -2.12. The zero-order valence-corrected chi connectivity index (χ0v) is 12.0. The zero-order chi connectivity index (χ0) is 14.3. The molecule has 0 amide bonds. The molecule has 1 aromatic rings. The Morgan fingerprint density at radius 3 is 2.89 bits per heavy atom. The van der Waals surface area contributed by atoms with Crippen LogP contribution in [0.25, 0.3) is 0 Å². The van der Waals surface area contributed by atoms with Crippen LogP contribution in [0.3, 0.4) is 0 Å². The van der Waals surface area contributed by atoms with E-state index in [-0.39, 0.29) is 12.3 Å². The van der Waals surface area contributed by atoms with Gasteiger partial charge in [-0.2, -0.15) is 5.26 Å². The minimum atomic E-state index is -0.491. The van der Waals surface area contributed by atoms with Crippen molar-refractivity contribution < 1.29 is 9.66 Å². The minimum Gasteiger partial charge on any atom is -0.491 e. The summed E-state index contributed by atoms with van der Waals surface area (Å²) in [4.78, 5) is 10.2. The van der Waals surface area contributed by atoms with Gasteiger partial charge in [-0.3, -0.25) is 15.4 Å². The van der Waals surface area contributed by atoms with Gasteiger partial charge in [0.25, 0.3) is 5.69 Å². The quantitative estimate of drug-likeness (QED) is 0.614. The summed E-state index contributed by atoms with van der Waals surface area (Å²) in [6, 6.07) is 6.00. The van der Waals surface area contributed by atoms with Crippen LogP contribution in [0.4, 0.5) is 5.69 Å². The van der Waals surface area contributed by atoms with Gasteiger partial charge in [-0.1, -0.05) is 22.9 Å². The third-order valence-corrected chi connectivity index (χ3v) is 2.74. The molecule has 0 saturated carbocycles. The van der Waals surface area contributed by atoms with Crippen molar-refractivity contribution in [1.29, 1.82) is 5.26 Å². The summed E-state index contributed by atoms with van der Waals surface area (Å²) in [7, 11) is 0. The summed E-state index contributed by atoms with van der Waals surface area (Å²) < 4.78 is 5.97. The number of nitro groups is 1. The van der Waals surface area contributed by atoms with Crippen LogP contribution in [-0.2, 0) is 0 Å². The first-order chi connectivity index (χ1) is 9.06. The second kappa shape index (κ2) is 7.71. The zero-order valence-electron chi connectivity index (χ0n) is 10.4. The lowest BCUT2D eigenvalue weighted by atomic mass is 10.3. The standard InChI is InChI=1S/C12H14BrN3O3/c1-2-3-15-10(7-14)8-19-12-5-9(13)4-11(6-12)16(17)18/h4-6,10,15H,2-3,8H2,1H3. The Balaban J connectivity index is 2.66. The number of hydrogen-bond acceptors (Lipinski definition) is 5. The van der Waals surface area contributed by atoms with Crippen LogP contribution in [0.1, 0.15) is 13.3 Å². The highest BCUT2D eigenvalue weighted by atomic mass is 79.9. The SMILES string of the molecule is CCCNC(C#N)COc1cc(Br)cc([N+](=O)[O-])c1. The average molecular weight is 328 g/mol. The van der Waals surface area contributed by atoms with Crippen molar-refractivity contribution in [3.63, 3.8) is 0 Å². The lowest BCUT2D eigenvalue weighted by molar-refractivity contribution is -0.385. The fourth-order valence-electron chi connectivity index (χ4n) is 1.38. The maximum absolute atomic E-state index is 10.7. The third kappa shape index (κ3) is 5.24. The molecule has 0 radical (unpaired) electrons. The third-order valence-electron chi connectivity index (χ3n) is 2.28. The van der Waals surface area contributed by atoms with Crippen molar-refractivity contribution in [2.45, 2.75) is 19.4 Å². The lowest BCUT2D eigenvalue weighted by Crippen LogP contribution is -2.33. The van der Waals surface area contributed by atoms with E-state index in [2.05, 4.69) is 27.3 Å². The molecule has 0 heterocycles. The molecule has 0 aliphatic rings. The van der Waals surface area contributed by atoms with Crippen LogP contribution < -0.4 is 10.1 Å². The number of halogens is 1. The number of rotatable bonds is 7. The number of hydrogen-bond donors (Lipinski definition) is 1. The summed E-state index contributed by atoms with van der Waals surface area (Å²) in [5.74, 6) is 0.361. The molecule has 1 atom stereocenters. The topological polar surface area (TPSA) is 88.2 Å². The van der Waals surface area contributed by atoms with E-state index in [1.807, 2.05) is 6.92 Å². The fourth-order valence-corrected chi connectivity index (χ4v) is 1.84. The molecule has 6 nitrogen and oxygen atoms in total. The summed E-state index contributed by atoms with van der Waals surface area (Å²) in [5.41, 5.74) is -0.0561. The molecule has 1 N–H and O–H groups in total. The molecule has 0 aromatic heterocycles. The molecule has 0 aliphatic heterocycles. The highest BCUT2D eigenvalue weighted by Gasteiger charge is 2.11. The molecule has 19 heavy (non-hydrogen) atoms. The fraction of sp³-hybridized carbons (Fsp3) is 0.417. The summed E-state index contributed by atoms with van der Waals surface area (Å²) in [6.07, 6.45) is 0.917. The largest absolute Gasteiger partial charge is 0.491 e. The number of nitrogens with zero attached hydrogens (tertiary/aromatic N) is 2. The second-order valence-electron chi connectivity index (χ2n) is 3.85. The molecule has 0 aliphatic carbocycles. The van der Waals surface area contributed by atoms with E-state index >= 15 is 0 Å². The molecular weight excluding hydrogens is 314 g/mol. The predicted molar refractivity (Wildman–Crippen MR) is 74.0 cm³/mol. The Hall–Kier alpha value is -1.65. The van der Waals surface area contributed by atoms with Gasteiger partial charge in [0.2, 0.25) is 0 Å². The second-order valence-corrected chi connectivity index (χ2v) is 4.76. The molecule has 102 valence electrons.